The number of aromatic nitrogens is 5. The fourth-order valence-electron chi connectivity index (χ4n) is 11.0. The highest BCUT2D eigenvalue weighted by molar-refractivity contribution is 6.42. The van der Waals surface area contributed by atoms with Crippen LogP contribution < -0.4 is 0 Å². The molecular formula is C57H31N5. The molecule has 5 aromatic heterocycles. The monoisotopic (exact) mass is 785 g/mol. The second-order valence-corrected chi connectivity index (χ2v) is 16.7. The normalized spacial score (nSPS) is 12.5. The summed E-state index contributed by atoms with van der Waals surface area (Å²) in [5.41, 5.74) is 12.6. The Morgan fingerprint density at radius 1 is 0.290 bits per heavy atom. The third-order valence-corrected chi connectivity index (χ3v) is 13.6. The average molecular weight is 786 g/mol. The molecule has 0 amide bonds. The fourth-order valence-corrected chi connectivity index (χ4v) is 11.0. The topological polar surface area (TPSA) is 48.0 Å². The Hall–Kier alpha value is -8.41. The predicted octanol–water partition coefficient (Wildman–Crippen LogP) is 14.6. The van der Waals surface area contributed by atoms with Gasteiger partial charge in [0.15, 0.2) is 17.5 Å². The first kappa shape index (κ1) is 32.4. The molecule has 5 nitrogen and oxygen atoms in total. The van der Waals surface area contributed by atoms with Crippen molar-refractivity contribution < 1.29 is 0 Å². The summed E-state index contributed by atoms with van der Waals surface area (Å²) in [6.07, 6.45) is 0. The van der Waals surface area contributed by atoms with Gasteiger partial charge in [-0.3, -0.25) is 0 Å². The summed E-state index contributed by atoms with van der Waals surface area (Å²) in [5.74, 6) is 1.92. The molecule has 5 heteroatoms. The highest BCUT2D eigenvalue weighted by Crippen LogP contribution is 2.51. The lowest BCUT2D eigenvalue weighted by Crippen LogP contribution is -2.02. The van der Waals surface area contributed by atoms with Crippen LogP contribution in [0.5, 0.6) is 0 Å². The SMILES string of the molecule is c1ccc(-c2ccc(-c3nc(-c4ccccc4)nc(-c4ccc(-n5c6ccc7ccc8ccc9c%10cccc%11c%12ccc5c5c6c7c8c9n(c%10%11)c%125)c5ccccc45)n3)cc2)cc1. The van der Waals surface area contributed by atoms with Gasteiger partial charge in [0.2, 0.25) is 0 Å². The third-order valence-electron chi connectivity index (χ3n) is 13.6. The van der Waals surface area contributed by atoms with E-state index in [9.17, 15) is 0 Å². The predicted molar refractivity (Wildman–Crippen MR) is 257 cm³/mol. The fraction of sp³-hybridized carbons (Fsp3) is 0. The maximum atomic E-state index is 5.24. The van der Waals surface area contributed by atoms with Crippen LogP contribution in [0.25, 0.3) is 143 Å². The van der Waals surface area contributed by atoms with Gasteiger partial charge >= 0.3 is 0 Å². The van der Waals surface area contributed by atoms with Crippen LogP contribution in [0.3, 0.4) is 0 Å². The lowest BCUT2D eigenvalue weighted by atomic mass is 9.96. The van der Waals surface area contributed by atoms with E-state index >= 15 is 0 Å². The maximum Gasteiger partial charge on any atom is 0.164 e. The molecule has 0 saturated carbocycles. The molecule has 0 unspecified atom stereocenters. The lowest BCUT2D eigenvalue weighted by molar-refractivity contribution is 1.08. The molecule has 0 atom stereocenters. The molecular weight excluding hydrogens is 755 g/mol. The molecule has 0 fully saturated rings. The first-order valence-corrected chi connectivity index (χ1v) is 21.2. The quantitative estimate of drug-likeness (QED) is 0.163. The van der Waals surface area contributed by atoms with E-state index in [1.807, 2.05) is 24.3 Å². The van der Waals surface area contributed by atoms with Gasteiger partial charge in [0.1, 0.15) is 0 Å². The molecule has 15 rings (SSSR count). The molecule has 0 bridgehead atoms. The number of rotatable bonds is 5. The van der Waals surface area contributed by atoms with E-state index in [1.165, 1.54) is 87.0 Å². The van der Waals surface area contributed by atoms with Crippen molar-refractivity contribution in [3.05, 3.63) is 188 Å². The molecule has 5 heterocycles. The minimum Gasteiger partial charge on any atom is -0.309 e. The van der Waals surface area contributed by atoms with E-state index in [0.717, 1.165) is 38.7 Å². The Morgan fingerprint density at radius 3 is 1.55 bits per heavy atom. The molecule has 284 valence electrons. The number of hydrogen-bond donors (Lipinski definition) is 0. The minimum absolute atomic E-state index is 0.639. The standard InChI is InChI=1S/C57H31N5/c1-3-10-32(11-4-1)33-18-22-37(23-19-33)56-58-55(36-12-5-2-6-13-36)59-57(60-56)44-28-30-45(39-15-8-7-14-38(39)44)61-46-29-25-34-20-21-35-24-26-42-40-16-9-17-41-43-27-31-47(61)51-50(46)48(34)49(35)53(42)62(52(40)41)54(43)51/h1-31H. The molecule has 0 aliphatic rings. The van der Waals surface area contributed by atoms with Crippen LogP contribution in [-0.2, 0) is 0 Å². The molecule has 0 saturated heterocycles. The summed E-state index contributed by atoms with van der Waals surface area (Å²) in [4.78, 5) is 15.5. The highest BCUT2D eigenvalue weighted by atomic mass is 15.0. The second kappa shape index (κ2) is 11.7. The van der Waals surface area contributed by atoms with Gasteiger partial charge in [0.05, 0.1) is 33.3 Å². The number of benzene rings is 10. The smallest absolute Gasteiger partial charge is 0.164 e. The van der Waals surface area contributed by atoms with Crippen LogP contribution in [0.1, 0.15) is 0 Å². The maximum absolute atomic E-state index is 5.24. The first-order valence-electron chi connectivity index (χ1n) is 21.2. The second-order valence-electron chi connectivity index (χ2n) is 16.7. The number of nitrogens with zero attached hydrogens (tertiary/aromatic N) is 5. The summed E-state index contributed by atoms with van der Waals surface area (Å²) < 4.78 is 5.11. The third kappa shape index (κ3) is 4.09. The molecule has 0 aliphatic carbocycles. The summed E-state index contributed by atoms with van der Waals surface area (Å²) in [5, 5.41) is 15.3. The van der Waals surface area contributed by atoms with Crippen LogP contribution >= 0.6 is 0 Å². The van der Waals surface area contributed by atoms with E-state index in [-0.39, 0.29) is 0 Å². The summed E-state index contributed by atoms with van der Waals surface area (Å²) in [6, 6.07) is 67.9. The van der Waals surface area contributed by atoms with E-state index in [0.29, 0.717) is 17.5 Å². The van der Waals surface area contributed by atoms with Crippen molar-refractivity contribution in [1.82, 2.24) is 23.9 Å². The van der Waals surface area contributed by atoms with Crippen LogP contribution in [-0.4, -0.2) is 23.9 Å². The zero-order chi connectivity index (χ0) is 40.2. The zero-order valence-corrected chi connectivity index (χ0v) is 33.1. The molecule has 0 radical (unpaired) electrons. The average Bonchev–Trinajstić information content (AvgIpc) is 3.95. The van der Waals surface area contributed by atoms with Crippen LogP contribution in [0.2, 0.25) is 0 Å². The van der Waals surface area contributed by atoms with E-state index in [1.54, 1.807) is 0 Å². The van der Waals surface area contributed by atoms with Gasteiger partial charge in [0, 0.05) is 65.2 Å². The minimum atomic E-state index is 0.639. The van der Waals surface area contributed by atoms with Crippen molar-refractivity contribution in [1.29, 1.82) is 0 Å². The number of hydrogen-bond acceptors (Lipinski definition) is 3. The summed E-state index contributed by atoms with van der Waals surface area (Å²) in [7, 11) is 0. The molecule has 15 aromatic rings. The van der Waals surface area contributed by atoms with Crippen molar-refractivity contribution in [2.45, 2.75) is 0 Å². The van der Waals surface area contributed by atoms with Gasteiger partial charge < -0.3 is 8.97 Å². The molecule has 0 spiro atoms. The van der Waals surface area contributed by atoms with Crippen molar-refractivity contribution in [3.8, 4) is 51.0 Å². The van der Waals surface area contributed by atoms with Crippen LogP contribution in [0.15, 0.2) is 188 Å². The van der Waals surface area contributed by atoms with Crippen molar-refractivity contribution >= 4 is 92.2 Å². The Labute approximate surface area is 353 Å². The summed E-state index contributed by atoms with van der Waals surface area (Å²) in [6.45, 7) is 0. The number of fused-ring (bicyclic) bond motifs is 3. The Bertz CT molecular complexity index is 4240. The van der Waals surface area contributed by atoms with Gasteiger partial charge in [-0.1, -0.05) is 164 Å². The Morgan fingerprint density at radius 2 is 0.790 bits per heavy atom. The van der Waals surface area contributed by atoms with Gasteiger partial charge in [-0.15, -0.1) is 0 Å². The first-order chi connectivity index (χ1) is 30.8. The van der Waals surface area contributed by atoms with Gasteiger partial charge in [-0.25, -0.2) is 15.0 Å². The van der Waals surface area contributed by atoms with Crippen LogP contribution in [0.4, 0.5) is 0 Å². The van der Waals surface area contributed by atoms with Crippen molar-refractivity contribution in [2.24, 2.45) is 0 Å². The van der Waals surface area contributed by atoms with E-state index in [4.69, 9.17) is 15.0 Å². The molecule has 0 aliphatic heterocycles. The Kier molecular flexibility index (Phi) is 6.10. The highest BCUT2D eigenvalue weighted by Gasteiger charge is 2.28. The summed E-state index contributed by atoms with van der Waals surface area (Å²) >= 11 is 0. The van der Waals surface area contributed by atoms with Gasteiger partial charge in [-0.2, -0.15) is 0 Å². The Balaban J connectivity index is 0.998. The zero-order valence-electron chi connectivity index (χ0n) is 33.1. The number of para-hydroxylation sites is 1. The molecule has 62 heavy (non-hydrogen) atoms. The van der Waals surface area contributed by atoms with Crippen molar-refractivity contribution in [2.75, 3.05) is 0 Å². The van der Waals surface area contributed by atoms with E-state index in [2.05, 4.69) is 173 Å². The van der Waals surface area contributed by atoms with Gasteiger partial charge in [0.25, 0.3) is 0 Å². The van der Waals surface area contributed by atoms with Crippen molar-refractivity contribution in [3.63, 3.8) is 0 Å². The van der Waals surface area contributed by atoms with E-state index < -0.39 is 0 Å². The molecule has 10 aromatic carbocycles. The van der Waals surface area contributed by atoms with Crippen LogP contribution in [0, 0.1) is 0 Å². The molecule has 0 N–H and O–H groups in total. The lowest BCUT2D eigenvalue weighted by Gasteiger charge is -2.16. The van der Waals surface area contributed by atoms with Gasteiger partial charge in [-0.05, 0) is 51.6 Å². The largest absolute Gasteiger partial charge is 0.309 e.